The van der Waals surface area contributed by atoms with E-state index >= 15 is 0 Å². The van der Waals surface area contributed by atoms with Crippen LogP contribution in [0.5, 0.6) is 0 Å². The van der Waals surface area contributed by atoms with Crippen molar-refractivity contribution in [2.24, 2.45) is 0 Å². The number of halogens is 1. The molecule has 0 nitrogen and oxygen atoms in total. The summed E-state index contributed by atoms with van der Waals surface area (Å²) in [6.07, 6.45) is 0. The number of benzene rings is 1. The number of alkyl halides is 1. The van der Waals surface area contributed by atoms with Crippen LogP contribution < -0.4 is 0 Å². The molecule has 0 unspecified atom stereocenters. The Balaban J connectivity index is 0.000000246. The van der Waals surface area contributed by atoms with E-state index in [-0.39, 0.29) is 26.2 Å². The van der Waals surface area contributed by atoms with Gasteiger partial charge in [-0.3, -0.25) is 0 Å². The Morgan fingerprint density at radius 2 is 1.50 bits per heavy atom. The summed E-state index contributed by atoms with van der Waals surface area (Å²) in [5.74, 6) is 0.612. The van der Waals surface area contributed by atoms with Crippen LogP contribution in [-0.2, 0) is 32.1 Å². The van der Waals surface area contributed by atoms with Gasteiger partial charge in [0.2, 0.25) is 0 Å². The van der Waals surface area contributed by atoms with Gasteiger partial charge >= 0.3 is 0 Å². The molecule has 0 aliphatic heterocycles. The molecule has 0 N–H and O–H groups in total. The van der Waals surface area contributed by atoms with E-state index in [1.807, 2.05) is 60.7 Å². The Kier molecular flexibility index (Phi) is 9.13. The predicted molar refractivity (Wildman–Crippen MR) is 58.0 cm³/mol. The maximum absolute atomic E-state index is 5.53. The Morgan fingerprint density at radius 3 is 1.79 bits per heavy atom. The zero-order valence-corrected chi connectivity index (χ0v) is 11.1. The summed E-state index contributed by atoms with van der Waals surface area (Å²) in [7, 11) is 0. The number of hydrogen-bond donors (Lipinski definition) is 0. The van der Waals surface area contributed by atoms with E-state index in [9.17, 15) is 0 Å². The van der Waals surface area contributed by atoms with Crippen molar-refractivity contribution < 1.29 is 26.2 Å². The van der Waals surface area contributed by atoms with Crippen molar-refractivity contribution in [3.8, 4) is 0 Å². The van der Waals surface area contributed by atoms with Gasteiger partial charge in [-0.25, -0.2) is 12.1 Å². The Bertz CT molecular complexity index is 272. The molecule has 2 aromatic carbocycles. The number of hydrogen-bond acceptors (Lipinski definition) is 0. The van der Waals surface area contributed by atoms with Crippen LogP contribution in [0.2, 0.25) is 0 Å². The number of rotatable bonds is 1. The van der Waals surface area contributed by atoms with Gasteiger partial charge in [0.1, 0.15) is 0 Å². The summed E-state index contributed by atoms with van der Waals surface area (Å²) < 4.78 is 0. The fraction of sp³-hybridized carbons (Fsp3) is 0.0833. The molecule has 0 saturated heterocycles. The van der Waals surface area contributed by atoms with E-state index in [1.54, 1.807) is 0 Å². The Morgan fingerprint density at radius 1 is 0.929 bits per heavy atom. The second-order valence-corrected chi connectivity index (χ2v) is 2.85. The maximum Gasteiger partial charge on any atom is 0.0474 e. The van der Waals surface area contributed by atoms with Crippen LogP contribution in [0.1, 0.15) is 5.56 Å². The van der Waals surface area contributed by atoms with E-state index in [0.717, 1.165) is 0 Å². The monoisotopic (exact) mass is 281 g/mol. The van der Waals surface area contributed by atoms with E-state index in [2.05, 4.69) is 0 Å². The molecule has 0 spiro atoms. The van der Waals surface area contributed by atoms with Crippen molar-refractivity contribution >= 4 is 11.6 Å². The van der Waals surface area contributed by atoms with Crippen LogP contribution in [0.3, 0.4) is 0 Å². The summed E-state index contributed by atoms with van der Waals surface area (Å²) in [6.45, 7) is 0. The van der Waals surface area contributed by atoms with Crippen LogP contribution in [0.25, 0.3) is 0 Å². The molecule has 2 aromatic rings. The third kappa shape index (κ3) is 6.24. The Labute approximate surface area is 109 Å². The minimum absolute atomic E-state index is 0. The molecule has 0 heterocycles. The second kappa shape index (κ2) is 9.30. The summed E-state index contributed by atoms with van der Waals surface area (Å²) >= 11 is 5.53. The van der Waals surface area contributed by atoms with Gasteiger partial charge in [0, 0.05) is 32.1 Å². The van der Waals surface area contributed by atoms with Gasteiger partial charge in [0.05, 0.1) is 0 Å². The van der Waals surface area contributed by atoms with Gasteiger partial charge in [-0.05, 0) is 5.56 Å². The summed E-state index contributed by atoms with van der Waals surface area (Å²) in [5.41, 5.74) is 1.18. The molecule has 0 atom stereocenters. The first-order valence-corrected chi connectivity index (χ1v) is 4.73. The minimum Gasteiger partial charge on any atom is -0.214 e. The quantitative estimate of drug-likeness (QED) is 0.551. The van der Waals surface area contributed by atoms with Crippen LogP contribution >= 0.6 is 11.6 Å². The normalized spacial score (nSPS) is 8.07. The van der Waals surface area contributed by atoms with Crippen LogP contribution in [0.15, 0.2) is 60.7 Å². The molecule has 0 radical (unpaired) electrons. The summed E-state index contributed by atoms with van der Waals surface area (Å²) in [4.78, 5) is 0. The summed E-state index contributed by atoms with van der Waals surface area (Å²) in [5, 5.41) is 0. The van der Waals surface area contributed by atoms with Crippen molar-refractivity contribution in [1.82, 2.24) is 0 Å². The molecule has 0 fully saturated rings. The first-order chi connectivity index (χ1) is 6.43. The third-order valence-electron chi connectivity index (χ3n) is 1.55. The predicted octanol–water partition coefficient (Wildman–Crippen LogP) is 3.83. The van der Waals surface area contributed by atoms with Gasteiger partial charge in [0.25, 0.3) is 0 Å². The van der Waals surface area contributed by atoms with Crippen LogP contribution in [-0.4, -0.2) is 0 Å². The molecular formula is C12H12ClZr-. The zero-order valence-electron chi connectivity index (χ0n) is 7.86. The molecule has 0 aromatic heterocycles. The van der Waals surface area contributed by atoms with E-state index in [4.69, 9.17) is 11.6 Å². The average molecular weight is 283 g/mol. The van der Waals surface area contributed by atoms with Gasteiger partial charge in [0.15, 0.2) is 0 Å². The summed E-state index contributed by atoms with van der Waals surface area (Å²) in [6, 6.07) is 20.0. The SMILES string of the molecule is ClCc1ccccc1.[Zr].c1cc[cH-]c1. The third-order valence-corrected chi connectivity index (χ3v) is 1.86. The van der Waals surface area contributed by atoms with E-state index in [0.29, 0.717) is 5.88 Å². The van der Waals surface area contributed by atoms with Crippen molar-refractivity contribution in [2.45, 2.75) is 5.88 Å². The van der Waals surface area contributed by atoms with Gasteiger partial charge < -0.3 is 0 Å². The molecular weight excluding hydrogens is 271 g/mol. The van der Waals surface area contributed by atoms with Crippen molar-refractivity contribution in [1.29, 1.82) is 0 Å². The van der Waals surface area contributed by atoms with E-state index < -0.39 is 0 Å². The standard InChI is InChI=1S/C7H7Cl.C5H5.Zr/c8-6-7-4-2-1-3-5-7;1-2-4-5-3-1;/h1-5H,6H2;1-5H;/q;-1;. The molecule has 72 valence electrons. The minimum atomic E-state index is 0. The second-order valence-electron chi connectivity index (χ2n) is 2.58. The molecule has 0 aliphatic rings. The van der Waals surface area contributed by atoms with Gasteiger partial charge in [-0.1, -0.05) is 30.3 Å². The van der Waals surface area contributed by atoms with Crippen molar-refractivity contribution in [2.75, 3.05) is 0 Å². The van der Waals surface area contributed by atoms with Crippen LogP contribution in [0, 0.1) is 0 Å². The molecule has 0 amide bonds. The molecule has 0 saturated carbocycles. The molecule has 0 bridgehead atoms. The Hall–Kier alpha value is -0.257. The van der Waals surface area contributed by atoms with E-state index in [1.165, 1.54) is 5.56 Å². The smallest absolute Gasteiger partial charge is 0.0474 e. The first kappa shape index (κ1) is 13.7. The fourth-order valence-corrected chi connectivity index (χ4v) is 1.07. The topological polar surface area (TPSA) is 0 Å². The van der Waals surface area contributed by atoms with Gasteiger partial charge in [-0.15, -0.1) is 11.6 Å². The molecule has 2 heteroatoms. The maximum atomic E-state index is 5.53. The molecule has 0 aliphatic carbocycles. The molecule has 2 rings (SSSR count). The zero-order chi connectivity index (χ0) is 9.36. The fourth-order valence-electron chi connectivity index (χ4n) is 0.888. The largest absolute Gasteiger partial charge is 0.214 e. The van der Waals surface area contributed by atoms with Crippen molar-refractivity contribution in [3.05, 3.63) is 66.2 Å². The van der Waals surface area contributed by atoms with Crippen molar-refractivity contribution in [3.63, 3.8) is 0 Å². The van der Waals surface area contributed by atoms with Crippen LogP contribution in [0.4, 0.5) is 0 Å². The average Bonchev–Trinajstić information content (AvgIpc) is 2.77. The first-order valence-electron chi connectivity index (χ1n) is 4.20. The van der Waals surface area contributed by atoms with Gasteiger partial charge in [-0.2, -0.15) is 18.2 Å². The molecule has 14 heavy (non-hydrogen) atoms.